The van der Waals surface area contributed by atoms with Gasteiger partial charge in [-0.2, -0.15) is 0 Å². The molecule has 0 bridgehead atoms. The van der Waals surface area contributed by atoms with Crippen LogP contribution in [0.5, 0.6) is 0 Å². The summed E-state index contributed by atoms with van der Waals surface area (Å²) in [7, 11) is 0. The Labute approximate surface area is 69.6 Å². The Bertz CT molecular complexity index is 68.9. The monoisotopic (exact) mass is 395 g/mol. The van der Waals surface area contributed by atoms with Crippen LogP contribution in [0.2, 0.25) is 19.8 Å². The molecule has 0 aliphatic rings. The molecule has 4 heteroatoms. The van der Waals surface area contributed by atoms with Crippen LogP contribution < -0.4 is 0 Å². The zero-order valence-electron chi connectivity index (χ0n) is 5.79. The van der Waals surface area contributed by atoms with E-state index in [0.29, 0.717) is 0 Å². The van der Waals surface area contributed by atoms with Gasteiger partial charge in [-0.05, 0) is 0 Å². The van der Waals surface area contributed by atoms with E-state index >= 15 is 0 Å². The van der Waals surface area contributed by atoms with E-state index in [1.165, 1.54) is 0 Å². The molecule has 0 aromatic rings. The van der Waals surface area contributed by atoms with Gasteiger partial charge in [0.1, 0.15) is 0 Å². The van der Waals surface area contributed by atoms with Crippen molar-refractivity contribution >= 4 is 49.4 Å². The fourth-order valence-electron chi connectivity index (χ4n) is 0.485. The molecule has 0 fully saturated rings. The standard InChI is InChI=1S/4CH3.BrH.O.2Sn/h4*1H3;1H;;;/q;;;;;;;+1/p-1. The average molecular weight is 393 g/mol. The molecule has 49 valence electrons. The van der Waals surface area contributed by atoms with Crippen LogP contribution in [0, 0.1) is 0 Å². The minimum absolute atomic E-state index is 1.22. The van der Waals surface area contributed by atoms with Crippen molar-refractivity contribution in [1.29, 1.82) is 0 Å². The first-order chi connectivity index (χ1) is 3.42. The predicted molar refractivity (Wildman–Crippen MR) is 45.0 cm³/mol. The van der Waals surface area contributed by atoms with Crippen LogP contribution in [0.15, 0.2) is 0 Å². The zero-order valence-corrected chi connectivity index (χ0v) is 13.1. The van der Waals surface area contributed by atoms with E-state index in [1.54, 1.807) is 0 Å². The Morgan fingerprint density at radius 1 is 1.38 bits per heavy atom. The van der Waals surface area contributed by atoms with Crippen molar-refractivity contribution in [3.05, 3.63) is 0 Å². The number of hydrogen-bond donors (Lipinski definition) is 0. The summed E-state index contributed by atoms with van der Waals surface area (Å²) in [5.41, 5.74) is 0. The van der Waals surface area contributed by atoms with Gasteiger partial charge in [0.15, 0.2) is 0 Å². The van der Waals surface area contributed by atoms with Crippen LogP contribution in [0.25, 0.3) is 0 Å². The fraction of sp³-hybridized carbons (Fsp3) is 1.00. The summed E-state index contributed by atoms with van der Waals surface area (Å²) in [4.78, 5) is 9.01. The van der Waals surface area contributed by atoms with Gasteiger partial charge in [0.05, 0.1) is 0 Å². The van der Waals surface area contributed by atoms with Crippen LogP contribution in [0.4, 0.5) is 0 Å². The molecule has 0 amide bonds. The molecule has 0 unspecified atom stereocenters. The van der Waals surface area contributed by atoms with Crippen molar-refractivity contribution in [3.63, 3.8) is 0 Å². The Morgan fingerprint density at radius 2 is 1.75 bits per heavy atom. The van der Waals surface area contributed by atoms with Gasteiger partial charge in [-0.15, -0.1) is 0 Å². The fourth-order valence-corrected chi connectivity index (χ4v) is 36.4. The molecular formula is C4H12BrOSn2. The zero-order chi connectivity index (χ0) is 6.78. The molecule has 0 aromatic carbocycles. The summed E-state index contributed by atoms with van der Waals surface area (Å²) in [6.07, 6.45) is 0. The molecule has 1 nitrogen and oxygen atoms in total. The maximum absolute atomic E-state index is 5.76. The van der Waals surface area contributed by atoms with Gasteiger partial charge in [0.2, 0.25) is 0 Å². The molecule has 0 aliphatic heterocycles. The molecule has 0 spiro atoms. The summed E-state index contributed by atoms with van der Waals surface area (Å²) >= 11 is 0.437. The van der Waals surface area contributed by atoms with E-state index in [-0.39, 0.29) is 0 Å². The first-order valence-corrected chi connectivity index (χ1v) is 22.7. The number of halogens is 1. The van der Waals surface area contributed by atoms with Crippen molar-refractivity contribution in [1.82, 2.24) is 0 Å². The van der Waals surface area contributed by atoms with Crippen molar-refractivity contribution in [3.8, 4) is 0 Å². The third-order valence-electron chi connectivity index (χ3n) is 0.447. The van der Waals surface area contributed by atoms with Crippen molar-refractivity contribution < 1.29 is 1.41 Å². The molecular weight excluding hydrogens is 381 g/mol. The molecule has 0 saturated heterocycles. The molecule has 0 saturated carbocycles. The summed E-state index contributed by atoms with van der Waals surface area (Å²) < 4.78 is 5.76. The third-order valence-corrected chi connectivity index (χ3v) is 27.4. The Morgan fingerprint density at radius 3 is 1.75 bits per heavy atom. The summed E-state index contributed by atoms with van der Waals surface area (Å²) in [6.45, 7) is 0. The molecule has 8 heavy (non-hydrogen) atoms. The molecule has 0 aliphatic carbocycles. The molecule has 1 radical (unpaired) electrons. The van der Waals surface area contributed by atoms with E-state index < -0.39 is 36.7 Å². The molecule has 0 rings (SSSR count). The first kappa shape index (κ1) is 10.0. The quantitative estimate of drug-likeness (QED) is 0.655. The van der Waals surface area contributed by atoms with Crippen molar-refractivity contribution in [2.45, 2.75) is 19.8 Å². The number of rotatable bonds is 2. The van der Waals surface area contributed by atoms with Crippen LogP contribution >= 0.6 is 12.7 Å². The molecule has 0 aromatic heterocycles. The number of hydrogen-bond acceptors (Lipinski definition) is 1. The van der Waals surface area contributed by atoms with Gasteiger partial charge >= 0.3 is 70.6 Å². The van der Waals surface area contributed by atoms with Crippen molar-refractivity contribution in [2.24, 2.45) is 0 Å². The van der Waals surface area contributed by atoms with Crippen LogP contribution in [0.3, 0.4) is 0 Å². The van der Waals surface area contributed by atoms with E-state index in [2.05, 4.69) is 32.5 Å². The average Bonchev–Trinajstić information content (AvgIpc) is 1.21. The second kappa shape index (κ2) is 4.03. The van der Waals surface area contributed by atoms with Crippen LogP contribution in [0.1, 0.15) is 0 Å². The SMILES string of the molecule is [CH3][Sn]([CH3])[O][Sn]([CH3])([CH3])[Br]. The van der Waals surface area contributed by atoms with E-state index in [9.17, 15) is 0 Å². The van der Waals surface area contributed by atoms with Crippen LogP contribution in [-0.4, -0.2) is 36.7 Å². The van der Waals surface area contributed by atoms with E-state index in [0.717, 1.165) is 0 Å². The van der Waals surface area contributed by atoms with Gasteiger partial charge in [0.25, 0.3) is 0 Å². The Balaban J connectivity index is 3.39. The Kier molecular flexibility index (Phi) is 5.06. The second-order valence-corrected chi connectivity index (χ2v) is 32.6. The maximum atomic E-state index is 5.76. The van der Waals surface area contributed by atoms with Crippen LogP contribution in [-0.2, 0) is 1.41 Å². The molecule has 0 N–H and O–H groups in total. The molecule has 0 heterocycles. The van der Waals surface area contributed by atoms with Gasteiger partial charge < -0.3 is 0 Å². The van der Waals surface area contributed by atoms with Crippen molar-refractivity contribution in [2.75, 3.05) is 0 Å². The van der Waals surface area contributed by atoms with E-state index in [1.807, 2.05) is 0 Å². The molecule has 0 atom stereocenters. The van der Waals surface area contributed by atoms with Gasteiger partial charge in [-0.3, -0.25) is 0 Å². The second-order valence-electron chi connectivity index (χ2n) is 2.37. The summed E-state index contributed by atoms with van der Waals surface area (Å²) in [6, 6.07) is 0. The third kappa shape index (κ3) is 8.04. The predicted octanol–water partition coefficient (Wildman–Crippen LogP) is 2.35. The normalized spacial score (nSPS) is 12.8. The minimum atomic E-state index is -1.96. The summed E-state index contributed by atoms with van der Waals surface area (Å²) in [5.74, 6) is 0. The van der Waals surface area contributed by atoms with E-state index in [4.69, 9.17) is 1.41 Å². The summed E-state index contributed by atoms with van der Waals surface area (Å²) in [5, 5.41) is 0. The first-order valence-electron chi connectivity index (χ1n) is 2.60. The van der Waals surface area contributed by atoms with Gasteiger partial charge in [-0.1, -0.05) is 0 Å². The van der Waals surface area contributed by atoms with Gasteiger partial charge in [-0.25, -0.2) is 0 Å². The topological polar surface area (TPSA) is 9.23 Å². The Hall–Kier alpha value is 2.04. The van der Waals surface area contributed by atoms with Gasteiger partial charge in [0, 0.05) is 0 Å².